The van der Waals surface area contributed by atoms with Gasteiger partial charge >= 0.3 is 0 Å². The number of benzene rings is 1. The number of aromatic nitrogens is 1. The summed E-state index contributed by atoms with van der Waals surface area (Å²) in [7, 11) is 0. The molecule has 0 N–H and O–H groups in total. The zero-order valence-electron chi connectivity index (χ0n) is 8.47. The van der Waals surface area contributed by atoms with Crippen LogP contribution in [-0.4, -0.2) is 11.3 Å². The number of hydrogen-bond donors (Lipinski definition) is 0. The fourth-order valence-electron chi connectivity index (χ4n) is 1.25. The molecule has 2 nitrogen and oxygen atoms in total. The first-order chi connectivity index (χ1) is 7.90. The summed E-state index contributed by atoms with van der Waals surface area (Å²) in [5.74, 6) is 5.87. The molecule has 0 saturated carbocycles. The summed E-state index contributed by atoms with van der Waals surface area (Å²) in [6, 6.07) is 13.1. The zero-order valence-corrected chi connectivity index (χ0v) is 8.47. The molecule has 2 heteroatoms. The third kappa shape index (κ3) is 2.34. The van der Waals surface area contributed by atoms with Crippen LogP contribution in [0.25, 0.3) is 0 Å². The van der Waals surface area contributed by atoms with Gasteiger partial charge in [0.15, 0.2) is 0 Å². The molecule has 0 spiro atoms. The number of nitrogens with zero attached hydrogens (tertiary/aromatic N) is 1. The first-order valence-electron chi connectivity index (χ1n) is 4.80. The van der Waals surface area contributed by atoms with Gasteiger partial charge in [-0.05, 0) is 24.3 Å². The fourth-order valence-corrected chi connectivity index (χ4v) is 1.25. The van der Waals surface area contributed by atoms with Crippen molar-refractivity contribution in [3.05, 3.63) is 65.5 Å². The van der Waals surface area contributed by atoms with Crippen molar-refractivity contribution >= 4 is 6.29 Å². The fraction of sp³-hybridized carbons (Fsp3) is 0. The standard InChI is InChI=1S/C14H8NO/c16-11-14-13(7-4-10-15-14)9-8-12-5-2-1-3-6-12/h1-7,10H. The van der Waals surface area contributed by atoms with Crippen LogP contribution in [0.4, 0.5) is 0 Å². The number of carbonyl (C=O) groups excluding carboxylic acids is 1. The van der Waals surface area contributed by atoms with E-state index in [1.165, 1.54) is 0 Å². The van der Waals surface area contributed by atoms with Crippen LogP contribution in [-0.2, 0) is 4.79 Å². The van der Waals surface area contributed by atoms with Crippen LogP contribution < -0.4 is 0 Å². The van der Waals surface area contributed by atoms with Crippen molar-refractivity contribution in [3.63, 3.8) is 0 Å². The summed E-state index contributed by atoms with van der Waals surface area (Å²) in [5.41, 5.74) is 1.76. The van der Waals surface area contributed by atoms with Crippen molar-refractivity contribution in [1.82, 2.24) is 4.98 Å². The molecule has 2 aromatic rings. The molecule has 0 amide bonds. The van der Waals surface area contributed by atoms with Crippen LogP contribution in [0, 0.1) is 11.8 Å². The second-order valence-corrected chi connectivity index (χ2v) is 3.12. The minimum absolute atomic E-state index is 0.255. The lowest BCUT2D eigenvalue weighted by atomic mass is 10.1. The van der Waals surface area contributed by atoms with Crippen molar-refractivity contribution in [1.29, 1.82) is 0 Å². The van der Waals surface area contributed by atoms with Crippen molar-refractivity contribution in [2.24, 2.45) is 0 Å². The highest BCUT2D eigenvalue weighted by Crippen LogP contribution is 2.01. The van der Waals surface area contributed by atoms with E-state index < -0.39 is 0 Å². The highest BCUT2D eigenvalue weighted by Gasteiger charge is 1.98. The molecule has 0 atom stereocenters. The lowest BCUT2D eigenvalue weighted by Crippen LogP contribution is -1.91. The van der Waals surface area contributed by atoms with Gasteiger partial charge in [0, 0.05) is 11.8 Å². The Balaban J connectivity index is 2.34. The third-order valence-corrected chi connectivity index (χ3v) is 2.02. The second kappa shape index (κ2) is 4.90. The average Bonchev–Trinajstić information content (AvgIpc) is 2.38. The van der Waals surface area contributed by atoms with Gasteiger partial charge in [-0.3, -0.25) is 9.78 Å². The van der Waals surface area contributed by atoms with E-state index in [4.69, 9.17) is 0 Å². The molecule has 0 bridgehead atoms. The van der Waals surface area contributed by atoms with E-state index in [-0.39, 0.29) is 5.69 Å². The maximum absolute atomic E-state index is 10.6. The van der Waals surface area contributed by atoms with Gasteiger partial charge in [-0.2, -0.15) is 0 Å². The normalized spacial score (nSPS) is 9.00. The Morgan fingerprint density at radius 1 is 0.938 bits per heavy atom. The molecule has 0 saturated heterocycles. The molecule has 2 rings (SSSR count). The molecule has 0 fully saturated rings. The molecule has 75 valence electrons. The van der Waals surface area contributed by atoms with Crippen LogP contribution in [0.5, 0.6) is 0 Å². The lowest BCUT2D eigenvalue weighted by Gasteiger charge is -1.92. The van der Waals surface area contributed by atoms with Gasteiger partial charge in [-0.15, -0.1) is 0 Å². The lowest BCUT2D eigenvalue weighted by molar-refractivity contribution is 0.561. The van der Waals surface area contributed by atoms with E-state index in [2.05, 4.69) is 16.8 Å². The summed E-state index contributed by atoms with van der Waals surface area (Å²) in [6.45, 7) is 0. The molecule has 1 aromatic carbocycles. The van der Waals surface area contributed by atoms with E-state index >= 15 is 0 Å². The molecule has 0 aliphatic heterocycles. The minimum atomic E-state index is 0.255. The van der Waals surface area contributed by atoms with Gasteiger partial charge in [0.1, 0.15) is 5.69 Å². The van der Waals surface area contributed by atoms with E-state index in [1.807, 2.05) is 30.3 Å². The first-order valence-corrected chi connectivity index (χ1v) is 4.80. The highest BCUT2D eigenvalue weighted by molar-refractivity contribution is 5.76. The van der Waals surface area contributed by atoms with Crippen molar-refractivity contribution < 1.29 is 4.79 Å². The minimum Gasteiger partial charge on any atom is -0.283 e. The Morgan fingerprint density at radius 2 is 1.75 bits per heavy atom. The predicted molar refractivity (Wildman–Crippen MR) is 61.5 cm³/mol. The first kappa shape index (κ1) is 10.1. The smallest absolute Gasteiger partial charge is 0.254 e. The Morgan fingerprint density at radius 3 is 2.50 bits per heavy atom. The van der Waals surface area contributed by atoms with Gasteiger partial charge in [0.25, 0.3) is 6.29 Å². The predicted octanol–water partition coefficient (Wildman–Crippen LogP) is 1.94. The van der Waals surface area contributed by atoms with Gasteiger partial charge < -0.3 is 0 Å². The maximum Gasteiger partial charge on any atom is 0.254 e. The average molecular weight is 206 g/mol. The zero-order chi connectivity index (χ0) is 11.2. The summed E-state index contributed by atoms with van der Waals surface area (Å²) >= 11 is 0. The summed E-state index contributed by atoms with van der Waals surface area (Å²) in [5, 5.41) is 0. The van der Waals surface area contributed by atoms with Crippen LogP contribution in [0.15, 0.2) is 48.7 Å². The van der Waals surface area contributed by atoms with Gasteiger partial charge in [0.2, 0.25) is 0 Å². The molecule has 1 aromatic heterocycles. The maximum atomic E-state index is 10.6. The largest absolute Gasteiger partial charge is 0.283 e. The molecule has 0 aliphatic rings. The van der Waals surface area contributed by atoms with Crippen LogP contribution in [0.1, 0.15) is 16.8 Å². The molecular formula is C14H8NO. The quantitative estimate of drug-likeness (QED) is 0.667. The van der Waals surface area contributed by atoms with Gasteiger partial charge in [0.05, 0.1) is 5.56 Å². The summed E-state index contributed by atoms with van der Waals surface area (Å²) < 4.78 is 0. The molecule has 16 heavy (non-hydrogen) atoms. The molecule has 0 unspecified atom stereocenters. The third-order valence-electron chi connectivity index (χ3n) is 2.02. The molecule has 1 radical (unpaired) electrons. The Bertz CT molecular complexity index is 550. The van der Waals surface area contributed by atoms with E-state index in [0.717, 1.165) is 5.56 Å². The highest BCUT2D eigenvalue weighted by atomic mass is 16.1. The van der Waals surface area contributed by atoms with Crippen molar-refractivity contribution in [3.8, 4) is 11.8 Å². The van der Waals surface area contributed by atoms with Crippen LogP contribution in [0.2, 0.25) is 0 Å². The monoisotopic (exact) mass is 206 g/mol. The SMILES string of the molecule is O=[C]c1ncccc1C#Cc1ccccc1. The van der Waals surface area contributed by atoms with Crippen molar-refractivity contribution in [2.75, 3.05) is 0 Å². The van der Waals surface area contributed by atoms with E-state index in [9.17, 15) is 4.79 Å². The van der Waals surface area contributed by atoms with Crippen LogP contribution in [0.3, 0.4) is 0 Å². The number of hydrogen-bond acceptors (Lipinski definition) is 2. The Hall–Kier alpha value is -2.40. The summed E-state index contributed by atoms with van der Waals surface area (Å²) in [4.78, 5) is 14.5. The Kier molecular flexibility index (Phi) is 3.10. The molecular weight excluding hydrogens is 198 g/mol. The van der Waals surface area contributed by atoms with Gasteiger partial charge in [-0.25, -0.2) is 0 Å². The molecule has 1 heterocycles. The van der Waals surface area contributed by atoms with Gasteiger partial charge in [-0.1, -0.05) is 30.0 Å². The number of rotatable bonds is 1. The second-order valence-electron chi connectivity index (χ2n) is 3.12. The topological polar surface area (TPSA) is 30.0 Å². The van der Waals surface area contributed by atoms with E-state index in [0.29, 0.717) is 5.56 Å². The molecule has 0 aliphatic carbocycles. The van der Waals surface area contributed by atoms with Crippen LogP contribution >= 0.6 is 0 Å². The Labute approximate surface area is 94.0 Å². The summed E-state index contributed by atoms with van der Waals surface area (Å²) in [6.07, 6.45) is 3.32. The van der Waals surface area contributed by atoms with Crippen molar-refractivity contribution in [2.45, 2.75) is 0 Å². The van der Waals surface area contributed by atoms with E-state index in [1.54, 1.807) is 24.6 Å². The number of pyridine rings is 1.